The van der Waals surface area contributed by atoms with Gasteiger partial charge in [-0.2, -0.15) is 0 Å². The third-order valence-corrected chi connectivity index (χ3v) is 4.49. The number of carbonyl (C=O) groups is 2. The van der Waals surface area contributed by atoms with Gasteiger partial charge >= 0.3 is 5.97 Å². The zero-order valence-corrected chi connectivity index (χ0v) is 16.1. The zero-order chi connectivity index (χ0) is 20.4. The highest BCUT2D eigenvalue weighted by atomic mass is 16.5. The minimum atomic E-state index is -0.202. The van der Waals surface area contributed by atoms with E-state index in [-0.39, 0.29) is 23.4 Å². The van der Waals surface area contributed by atoms with Crippen LogP contribution < -0.4 is 4.90 Å². The number of esters is 1. The molecular formula is C22H27NO5. The SMILES string of the molecule is COC(=O)CCCCCCCN(C(=O)c1cccc(O)c1)c1ccc(O)cc1. The fraction of sp³-hybridized carbons (Fsp3) is 0.364. The van der Waals surface area contributed by atoms with E-state index in [9.17, 15) is 19.8 Å². The van der Waals surface area contributed by atoms with Crippen molar-refractivity contribution in [1.29, 1.82) is 0 Å². The molecule has 2 aromatic carbocycles. The second-order valence-electron chi connectivity index (χ2n) is 6.62. The molecule has 0 fully saturated rings. The average molecular weight is 385 g/mol. The molecule has 2 N–H and O–H groups in total. The number of unbranched alkanes of at least 4 members (excludes halogenated alkanes) is 4. The summed E-state index contributed by atoms with van der Waals surface area (Å²) in [5, 5.41) is 19.2. The molecule has 0 heterocycles. The van der Waals surface area contributed by atoms with Crippen molar-refractivity contribution in [3.05, 3.63) is 54.1 Å². The van der Waals surface area contributed by atoms with Gasteiger partial charge in [-0.3, -0.25) is 9.59 Å². The number of methoxy groups -OCH3 is 1. The first-order chi connectivity index (χ1) is 13.5. The fourth-order valence-corrected chi connectivity index (χ4v) is 2.95. The van der Waals surface area contributed by atoms with Crippen molar-refractivity contribution in [2.75, 3.05) is 18.6 Å². The number of rotatable bonds is 10. The van der Waals surface area contributed by atoms with E-state index in [2.05, 4.69) is 4.74 Å². The number of carbonyl (C=O) groups excluding carboxylic acids is 2. The first-order valence-corrected chi connectivity index (χ1v) is 9.48. The lowest BCUT2D eigenvalue weighted by atomic mass is 10.1. The normalized spacial score (nSPS) is 10.5. The van der Waals surface area contributed by atoms with Crippen molar-refractivity contribution in [1.82, 2.24) is 0 Å². The van der Waals surface area contributed by atoms with E-state index >= 15 is 0 Å². The number of aromatic hydroxyl groups is 2. The Morgan fingerprint density at radius 3 is 2.25 bits per heavy atom. The van der Waals surface area contributed by atoms with Gasteiger partial charge < -0.3 is 19.8 Å². The molecule has 0 bridgehead atoms. The van der Waals surface area contributed by atoms with Crippen LogP contribution in [-0.4, -0.2) is 35.7 Å². The van der Waals surface area contributed by atoms with Crippen LogP contribution >= 0.6 is 0 Å². The summed E-state index contributed by atoms with van der Waals surface area (Å²) in [6, 6.07) is 12.8. The van der Waals surface area contributed by atoms with Crippen molar-refractivity contribution in [2.24, 2.45) is 0 Å². The Balaban J connectivity index is 1.95. The number of hydrogen-bond donors (Lipinski definition) is 2. The van der Waals surface area contributed by atoms with Gasteiger partial charge in [0.25, 0.3) is 5.91 Å². The predicted octanol–water partition coefficient (Wildman–Crippen LogP) is 4.26. The molecule has 0 aromatic heterocycles. The molecule has 6 heteroatoms. The van der Waals surface area contributed by atoms with E-state index in [4.69, 9.17) is 0 Å². The molecule has 0 aliphatic heterocycles. The van der Waals surface area contributed by atoms with Gasteiger partial charge in [0.2, 0.25) is 0 Å². The highest BCUT2D eigenvalue weighted by molar-refractivity contribution is 6.06. The molecule has 0 saturated heterocycles. The van der Waals surface area contributed by atoms with Crippen molar-refractivity contribution >= 4 is 17.6 Å². The summed E-state index contributed by atoms with van der Waals surface area (Å²) in [5.74, 6) is -0.205. The minimum absolute atomic E-state index is 0.0436. The lowest BCUT2D eigenvalue weighted by molar-refractivity contribution is -0.140. The molecule has 2 aromatic rings. The van der Waals surface area contributed by atoms with Crippen LogP contribution in [0.2, 0.25) is 0 Å². The maximum atomic E-state index is 13.0. The fourth-order valence-electron chi connectivity index (χ4n) is 2.95. The quantitative estimate of drug-likeness (QED) is 0.471. The number of nitrogens with zero attached hydrogens (tertiary/aromatic N) is 1. The van der Waals surface area contributed by atoms with Gasteiger partial charge in [-0.15, -0.1) is 0 Å². The van der Waals surface area contributed by atoms with Gasteiger partial charge in [0.1, 0.15) is 11.5 Å². The molecule has 2 rings (SSSR count). The van der Waals surface area contributed by atoms with E-state index < -0.39 is 0 Å². The molecule has 1 amide bonds. The smallest absolute Gasteiger partial charge is 0.305 e. The van der Waals surface area contributed by atoms with Gasteiger partial charge in [0.15, 0.2) is 0 Å². The number of phenols is 2. The zero-order valence-electron chi connectivity index (χ0n) is 16.1. The van der Waals surface area contributed by atoms with E-state index in [1.807, 2.05) is 0 Å². The summed E-state index contributed by atoms with van der Waals surface area (Å²) < 4.78 is 4.62. The Labute approximate surface area is 165 Å². The van der Waals surface area contributed by atoms with Crippen LogP contribution in [0.25, 0.3) is 0 Å². The summed E-state index contributed by atoms with van der Waals surface area (Å²) in [6.07, 6.45) is 4.89. The van der Waals surface area contributed by atoms with Crippen molar-refractivity contribution < 1.29 is 24.5 Å². The molecule has 0 aliphatic rings. The third kappa shape index (κ3) is 6.61. The summed E-state index contributed by atoms with van der Waals surface area (Å²) in [4.78, 5) is 25.7. The third-order valence-electron chi connectivity index (χ3n) is 4.49. The molecule has 0 saturated carbocycles. The largest absolute Gasteiger partial charge is 0.508 e. The van der Waals surface area contributed by atoms with E-state index in [1.54, 1.807) is 41.3 Å². The average Bonchev–Trinajstić information content (AvgIpc) is 2.70. The van der Waals surface area contributed by atoms with Gasteiger partial charge in [0, 0.05) is 24.2 Å². The maximum Gasteiger partial charge on any atom is 0.305 e. The second kappa shape index (κ2) is 11.0. The molecule has 0 radical (unpaired) electrons. The first-order valence-electron chi connectivity index (χ1n) is 9.48. The molecule has 0 aliphatic carbocycles. The summed E-state index contributed by atoms with van der Waals surface area (Å²) in [7, 11) is 1.39. The number of phenolic OH excluding ortho intramolecular Hbond substituents is 2. The van der Waals surface area contributed by atoms with Gasteiger partial charge in [-0.25, -0.2) is 0 Å². The highest BCUT2D eigenvalue weighted by Crippen LogP contribution is 2.23. The Hall–Kier alpha value is -3.02. The van der Waals surface area contributed by atoms with Crippen LogP contribution in [0, 0.1) is 0 Å². The van der Waals surface area contributed by atoms with Crippen LogP contribution in [0.15, 0.2) is 48.5 Å². The van der Waals surface area contributed by atoms with Crippen LogP contribution in [-0.2, 0) is 9.53 Å². The summed E-state index contributed by atoms with van der Waals surface area (Å²) in [5.41, 5.74) is 1.10. The Morgan fingerprint density at radius 1 is 0.893 bits per heavy atom. The van der Waals surface area contributed by atoms with Crippen LogP contribution in [0.3, 0.4) is 0 Å². The number of ether oxygens (including phenoxy) is 1. The Morgan fingerprint density at radius 2 is 1.57 bits per heavy atom. The molecule has 0 unspecified atom stereocenters. The summed E-state index contributed by atoms with van der Waals surface area (Å²) in [6.45, 7) is 0.524. The van der Waals surface area contributed by atoms with E-state index in [1.165, 1.54) is 19.2 Å². The maximum absolute atomic E-state index is 13.0. The summed E-state index contributed by atoms with van der Waals surface area (Å²) >= 11 is 0. The van der Waals surface area contributed by atoms with Gasteiger partial charge in [0.05, 0.1) is 7.11 Å². The van der Waals surface area contributed by atoms with Gasteiger partial charge in [-0.1, -0.05) is 25.3 Å². The van der Waals surface area contributed by atoms with E-state index in [0.29, 0.717) is 24.2 Å². The van der Waals surface area contributed by atoms with Crippen molar-refractivity contribution in [3.8, 4) is 11.5 Å². The molecule has 150 valence electrons. The van der Waals surface area contributed by atoms with Gasteiger partial charge in [-0.05, 0) is 55.3 Å². The molecule has 0 atom stereocenters. The van der Waals surface area contributed by atoms with Crippen molar-refractivity contribution in [2.45, 2.75) is 38.5 Å². The Kier molecular flexibility index (Phi) is 8.34. The molecular weight excluding hydrogens is 358 g/mol. The van der Waals surface area contributed by atoms with Crippen LogP contribution in [0.4, 0.5) is 5.69 Å². The second-order valence-corrected chi connectivity index (χ2v) is 6.62. The number of amides is 1. The highest BCUT2D eigenvalue weighted by Gasteiger charge is 2.18. The molecule has 0 spiro atoms. The van der Waals surface area contributed by atoms with Crippen LogP contribution in [0.1, 0.15) is 48.9 Å². The number of hydrogen-bond acceptors (Lipinski definition) is 5. The first kappa shape index (κ1) is 21.3. The standard InChI is InChI=1S/C22H27NO5/c1-28-21(26)10-5-3-2-4-6-15-23(18-11-13-19(24)14-12-18)22(27)17-8-7-9-20(25)16-17/h7-9,11-14,16,24-25H,2-6,10,15H2,1H3. The lowest BCUT2D eigenvalue weighted by Gasteiger charge is -2.23. The molecule has 28 heavy (non-hydrogen) atoms. The molecule has 6 nitrogen and oxygen atoms in total. The topological polar surface area (TPSA) is 87.1 Å². The number of anilines is 1. The van der Waals surface area contributed by atoms with Crippen LogP contribution in [0.5, 0.6) is 11.5 Å². The predicted molar refractivity (Wildman–Crippen MR) is 108 cm³/mol. The minimum Gasteiger partial charge on any atom is -0.508 e. The number of benzene rings is 2. The Bertz CT molecular complexity index is 773. The lowest BCUT2D eigenvalue weighted by Crippen LogP contribution is -2.31. The van der Waals surface area contributed by atoms with E-state index in [0.717, 1.165) is 32.1 Å². The van der Waals surface area contributed by atoms with Crippen molar-refractivity contribution in [3.63, 3.8) is 0 Å². The monoisotopic (exact) mass is 385 g/mol.